The molecular weight excluding hydrogens is 320 g/mol. The van der Waals surface area contributed by atoms with E-state index < -0.39 is 11.7 Å². The molecule has 3 rings (SSSR count). The largest absolute Gasteiger partial charge is 0.506 e. The number of β-amino-alcohol motifs (C(OH)–C–C–N with tert-alkyl or cyclic N) is 1. The number of phenols is 1. The zero-order chi connectivity index (χ0) is 17.9. The molecule has 1 aromatic carbocycles. The van der Waals surface area contributed by atoms with E-state index in [1.165, 1.54) is 0 Å². The number of hydrogen-bond donors (Lipinski definition) is 4. The van der Waals surface area contributed by atoms with Crippen LogP contribution in [-0.2, 0) is 4.79 Å². The summed E-state index contributed by atoms with van der Waals surface area (Å²) in [5, 5.41) is 32.9. The number of likely N-dealkylation sites (tertiary alicyclic amines) is 1. The minimum atomic E-state index is -0.657. The van der Waals surface area contributed by atoms with Crippen LogP contribution in [-0.4, -0.2) is 57.5 Å². The highest BCUT2D eigenvalue weighted by atomic mass is 16.3. The van der Waals surface area contributed by atoms with Gasteiger partial charge in [-0.3, -0.25) is 4.79 Å². The van der Waals surface area contributed by atoms with Crippen molar-refractivity contribution in [1.29, 1.82) is 0 Å². The van der Waals surface area contributed by atoms with Crippen LogP contribution in [0.3, 0.4) is 0 Å². The van der Waals surface area contributed by atoms with Crippen LogP contribution < -0.4 is 5.32 Å². The van der Waals surface area contributed by atoms with Crippen LogP contribution in [0.2, 0.25) is 0 Å². The lowest BCUT2D eigenvalue weighted by molar-refractivity contribution is -0.121. The lowest BCUT2D eigenvalue weighted by Gasteiger charge is -2.39. The summed E-state index contributed by atoms with van der Waals surface area (Å²) in [6, 6.07) is 6.73. The molecule has 138 valence electrons. The molecule has 4 N–H and O–H groups in total. The van der Waals surface area contributed by atoms with E-state index in [1.54, 1.807) is 24.3 Å². The lowest BCUT2D eigenvalue weighted by atomic mass is 9.76. The predicted octanol–water partition coefficient (Wildman–Crippen LogP) is 1.71. The lowest BCUT2D eigenvalue weighted by Crippen LogP contribution is -2.46. The number of anilines is 1. The van der Waals surface area contributed by atoms with Crippen molar-refractivity contribution in [3.63, 3.8) is 0 Å². The summed E-state index contributed by atoms with van der Waals surface area (Å²) in [5.74, 6) is -0.0698. The van der Waals surface area contributed by atoms with Crippen molar-refractivity contribution in [2.75, 3.05) is 25.0 Å². The van der Waals surface area contributed by atoms with Crippen molar-refractivity contribution < 1.29 is 20.1 Å². The molecule has 2 fully saturated rings. The number of aliphatic hydroxyl groups is 2. The molecular formula is C19H28N2O4. The molecule has 1 amide bonds. The Hall–Kier alpha value is -1.63. The Morgan fingerprint density at radius 1 is 1.28 bits per heavy atom. The number of nitrogens with zero attached hydrogens (tertiary/aromatic N) is 1. The van der Waals surface area contributed by atoms with E-state index in [-0.39, 0.29) is 17.6 Å². The summed E-state index contributed by atoms with van der Waals surface area (Å²) in [7, 11) is 0. The van der Waals surface area contributed by atoms with Gasteiger partial charge in [0, 0.05) is 18.9 Å². The number of nitrogens with one attached hydrogen (secondary N) is 1. The molecule has 1 saturated heterocycles. The highest BCUT2D eigenvalue weighted by Crippen LogP contribution is 2.35. The Labute approximate surface area is 148 Å². The first-order chi connectivity index (χ1) is 12.0. The molecule has 0 bridgehead atoms. The molecule has 25 heavy (non-hydrogen) atoms. The van der Waals surface area contributed by atoms with Gasteiger partial charge in [0.1, 0.15) is 5.75 Å². The smallest absolute Gasteiger partial charge is 0.227 e. The Balaban J connectivity index is 1.42. The fourth-order valence-electron chi connectivity index (χ4n) is 3.78. The second-order valence-electron chi connectivity index (χ2n) is 7.52. The summed E-state index contributed by atoms with van der Waals surface area (Å²) in [5.41, 5.74) is -0.214. The van der Waals surface area contributed by atoms with Gasteiger partial charge in [0.2, 0.25) is 5.91 Å². The SMILES string of the molecule is O=C(Nc1ccccc1O)C1CCN(CC(O)CC2(O)CCC2)CC1. The van der Waals surface area contributed by atoms with Gasteiger partial charge in [0.25, 0.3) is 0 Å². The van der Waals surface area contributed by atoms with Crippen LogP contribution in [0.1, 0.15) is 38.5 Å². The van der Waals surface area contributed by atoms with Gasteiger partial charge in [0.05, 0.1) is 17.4 Å². The third-order valence-corrected chi connectivity index (χ3v) is 5.49. The molecule has 1 heterocycles. The van der Waals surface area contributed by atoms with Crippen molar-refractivity contribution >= 4 is 11.6 Å². The molecule has 1 saturated carbocycles. The molecule has 1 atom stereocenters. The van der Waals surface area contributed by atoms with Gasteiger partial charge >= 0.3 is 0 Å². The van der Waals surface area contributed by atoms with E-state index in [0.29, 0.717) is 18.7 Å². The number of carbonyl (C=O) groups excluding carboxylic acids is 1. The summed E-state index contributed by atoms with van der Waals surface area (Å²) in [6.45, 7) is 2.07. The highest BCUT2D eigenvalue weighted by molar-refractivity contribution is 5.93. The Kier molecular flexibility index (Phi) is 5.61. The van der Waals surface area contributed by atoms with Crippen molar-refractivity contribution in [2.24, 2.45) is 5.92 Å². The number of aliphatic hydroxyl groups excluding tert-OH is 1. The minimum Gasteiger partial charge on any atom is -0.506 e. The molecule has 1 unspecified atom stereocenters. The number of hydrogen-bond acceptors (Lipinski definition) is 5. The number of carbonyl (C=O) groups is 1. The number of benzene rings is 1. The molecule has 0 radical (unpaired) electrons. The Morgan fingerprint density at radius 2 is 1.96 bits per heavy atom. The zero-order valence-electron chi connectivity index (χ0n) is 14.5. The van der Waals surface area contributed by atoms with Gasteiger partial charge in [-0.2, -0.15) is 0 Å². The number of phenolic OH excluding ortho intramolecular Hbond substituents is 1. The van der Waals surface area contributed by atoms with Gasteiger partial charge in [-0.25, -0.2) is 0 Å². The monoisotopic (exact) mass is 348 g/mol. The van der Waals surface area contributed by atoms with E-state index in [0.717, 1.165) is 45.2 Å². The average molecular weight is 348 g/mol. The topological polar surface area (TPSA) is 93.0 Å². The van der Waals surface area contributed by atoms with Gasteiger partial charge in [-0.1, -0.05) is 12.1 Å². The maximum atomic E-state index is 12.4. The van der Waals surface area contributed by atoms with Gasteiger partial charge in [-0.15, -0.1) is 0 Å². The predicted molar refractivity (Wildman–Crippen MR) is 95.3 cm³/mol. The quantitative estimate of drug-likeness (QED) is 0.587. The van der Waals surface area contributed by atoms with Gasteiger partial charge < -0.3 is 25.5 Å². The molecule has 1 aromatic rings. The number of aromatic hydroxyl groups is 1. The second-order valence-corrected chi connectivity index (χ2v) is 7.52. The van der Waals surface area contributed by atoms with Crippen LogP contribution in [0.25, 0.3) is 0 Å². The number of amides is 1. The van der Waals surface area contributed by atoms with Crippen LogP contribution >= 0.6 is 0 Å². The molecule has 0 spiro atoms. The number of piperidine rings is 1. The number of para-hydroxylation sites is 2. The maximum Gasteiger partial charge on any atom is 0.227 e. The Morgan fingerprint density at radius 3 is 2.56 bits per heavy atom. The second kappa shape index (κ2) is 7.72. The molecule has 6 nitrogen and oxygen atoms in total. The normalized spacial score (nSPS) is 22.2. The molecule has 1 aliphatic carbocycles. The Bertz CT molecular complexity index is 595. The fourth-order valence-corrected chi connectivity index (χ4v) is 3.78. The van der Waals surface area contributed by atoms with Crippen molar-refractivity contribution in [3.05, 3.63) is 24.3 Å². The van der Waals surface area contributed by atoms with Gasteiger partial charge in [0.15, 0.2) is 0 Å². The molecule has 0 aromatic heterocycles. The van der Waals surface area contributed by atoms with Crippen LogP contribution in [0.15, 0.2) is 24.3 Å². The summed E-state index contributed by atoms with van der Waals surface area (Å²) >= 11 is 0. The van der Waals surface area contributed by atoms with Crippen molar-refractivity contribution in [2.45, 2.75) is 50.2 Å². The maximum absolute atomic E-state index is 12.4. The molecule has 2 aliphatic rings. The standard InChI is InChI=1S/C19H28N2O4/c22-15(12-19(25)8-3-9-19)13-21-10-6-14(7-11-21)18(24)20-16-4-1-2-5-17(16)23/h1-2,4-5,14-15,22-23,25H,3,6-13H2,(H,20,24). The van der Waals surface area contributed by atoms with E-state index in [2.05, 4.69) is 10.2 Å². The van der Waals surface area contributed by atoms with E-state index in [4.69, 9.17) is 0 Å². The van der Waals surface area contributed by atoms with E-state index >= 15 is 0 Å². The van der Waals surface area contributed by atoms with Crippen molar-refractivity contribution in [1.82, 2.24) is 4.90 Å². The van der Waals surface area contributed by atoms with Crippen LogP contribution in [0.5, 0.6) is 5.75 Å². The molecule has 1 aliphatic heterocycles. The third-order valence-electron chi connectivity index (χ3n) is 5.49. The first-order valence-electron chi connectivity index (χ1n) is 9.17. The first kappa shape index (κ1) is 18.2. The summed E-state index contributed by atoms with van der Waals surface area (Å²) in [4.78, 5) is 14.5. The third kappa shape index (κ3) is 4.71. The highest BCUT2D eigenvalue weighted by Gasteiger charge is 2.37. The number of rotatable bonds is 6. The van der Waals surface area contributed by atoms with E-state index in [1.807, 2.05) is 0 Å². The van der Waals surface area contributed by atoms with Crippen molar-refractivity contribution in [3.8, 4) is 5.75 Å². The van der Waals surface area contributed by atoms with Crippen LogP contribution in [0.4, 0.5) is 5.69 Å². The zero-order valence-corrected chi connectivity index (χ0v) is 14.5. The molecule has 6 heteroatoms. The van der Waals surface area contributed by atoms with E-state index in [9.17, 15) is 20.1 Å². The first-order valence-corrected chi connectivity index (χ1v) is 9.17. The van der Waals surface area contributed by atoms with Crippen LogP contribution in [0, 0.1) is 5.92 Å². The van der Waals surface area contributed by atoms with Gasteiger partial charge in [-0.05, 0) is 57.3 Å². The minimum absolute atomic E-state index is 0.0644. The average Bonchev–Trinajstić information content (AvgIpc) is 2.56. The summed E-state index contributed by atoms with van der Waals surface area (Å²) < 4.78 is 0. The fraction of sp³-hybridized carbons (Fsp3) is 0.632. The summed E-state index contributed by atoms with van der Waals surface area (Å²) in [6.07, 6.45) is 4.02.